The molecule has 0 saturated heterocycles. The number of nitrogens with one attached hydrogen (secondary N) is 2. The van der Waals surface area contributed by atoms with Crippen LogP contribution in [0.4, 0.5) is 4.39 Å². The summed E-state index contributed by atoms with van der Waals surface area (Å²) >= 11 is 5.85. The van der Waals surface area contributed by atoms with E-state index in [9.17, 15) is 9.18 Å². The van der Waals surface area contributed by atoms with Crippen molar-refractivity contribution in [3.63, 3.8) is 0 Å². The second kappa shape index (κ2) is 6.57. The quantitative estimate of drug-likeness (QED) is 0.849. The average molecular weight is 259 g/mol. The number of carbonyl (C=O) groups is 1. The Morgan fingerprint density at radius 3 is 2.76 bits per heavy atom. The van der Waals surface area contributed by atoms with Gasteiger partial charge in [0, 0.05) is 17.6 Å². The first-order valence-corrected chi connectivity index (χ1v) is 5.81. The predicted molar refractivity (Wildman–Crippen MR) is 66.4 cm³/mol. The van der Waals surface area contributed by atoms with E-state index in [1.165, 1.54) is 12.1 Å². The fourth-order valence-electron chi connectivity index (χ4n) is 1.35. The summed E-state index contributed by atoms with van der Waals surface area (Å²) in [5.41, 5.74) is 0.769. The molecule has 5 heteroatoms. The molecular weight excluding hydrogens is 243 g/mol. The van der Waals surface area contributed by atoms with Gasteiger partial charge in [0.2, 0.25) is 5.91 Å². The van der Waals surface area contributed by atoms with Gasteiger partial charge in [-0.05, 0) is 31.5 Å². The second-order valence-electron chi connectivity index (χ2n) is 4.06. The van der Waals surface area contributed by atoms with Crippen molar-refractivity contribution in [2.45, 2.75) is 26.4 Å². The molecule has 1 rings (SSSR count). The monoisotopic (exact) mass is 258 g/mol. The molecule has 94 valence electrons. The molecule has 1 aromatic carbocycles. The van der Waals surface area contributed by atoms with Gasteiger partial charge in [0.1, 0.15) is 5.82 Å². The minimum Gasteiger partial charge on any atom is -0.353 e. The van der Waals surface area contributed by atoms with E-state index in [-0.39, 0.29) is 24.3 Å². The maximum atomic E-state index is 12.8. The molecular formula is C12H16ClFN2O. The van der Waals surface area contributed by atoms with Gasteiger partial charge in [-0.15, -0.1) is 0 Å². The molecule has 0 fully saturated rings. The van der Waals surface area contributed by atoms with Gasteiger partial charge in [-0.2, -0.15) is 0 Å². The Hall–Kier alpha value is -1.13. The third kappa shape index (κ3) is 5.15. The van der Waals surface area contributed by atoms with Crippen molar-refractivity contribution in [3.8, 4) is 0 Å². The van der Waals surface area contributed by atoms with Crippen LogP contribution in [0.3, 0.4) is 0 Å². The van der Waals surface area contributed by atoms with E-state index in [1.807, 2.05) is 13.8 Å². The average Bonchev–Trinajstić information content (AvgIpc) is 2.20. The van der Waals surface area contributed by atoms with Crippen LogP contribution in [-0.2, 0) is 11.3 Å². The van der Waals surface area contributed by atoms with Crippen molar-refractivity contribution < 1.29 is 9.18 Å². The van der Waals surface area contributed by atoms with E-state index in [4.69, 9.17) is 11.6 Å². The van der Waals surface area contributed by atoms with Crippen LogP contribution >= 0.6 is 11.6 Å². The molecule has 0 saturated carbocycles. The summed E-state index contributed by atoms with van der Waals surface area (Å²) < 4.78 is 12.8. The summed E-state index contributed by atoms with van der Waals surface area (Å²) in [6.07, 6.45) is 0. The first kappa shape index (κ1) is 13.9. The van der Waals surface area contributed by atoms with Crippen LogP contribution in [0, 0.1) is 5.82 Å². The molecule has 0 unspecified atom stereocenters. The first-order valence-electron chi connectivity index (χ1n) is 5.43. The smallest absolute Gasteiger partial charge is 0.234 e. The van der Waals surface area contributed by atoms with E-state index >= 15 is 0 Å². The Morgan fingerprint density at radius 2 is 2.18 bits per heavy atom. The highest BCUT2D eigenvalue weighted by molar-refractivity contribution is 6.31. The van der Waals surface area contributed by atoms with Gasteiger partial charge in [-0.3, -0.25) is 4.79 Å². The SMILES string of the molecule is CC(C)NC(=O)CNCc1ccc(F)cc1Cl. The van der Waals surface area contributed by atoms with Crippen molar-refractivity contribution in [2.75, 3.05) is 6.54 Å². The molecule has 0 heterocycles. The molecule has 0 aromatic heterocycles. The standard InChI is InChI=1S/C12H16ClFN2O/c1-8(2)16-12(17)7-15-6-9-3-4-10(14)5-11(9)13/h3-5,8,15H,6-7H2,1-2H3,(H,16,17). The highest BCUT2D eigenvalue weighted by atomic mass is 35.5. The lowest BCUT2D eigenvalue weighted by molar-refractivity contribution is -0.120. The Labute approximate surface area is 105 Å². The zero-order chi connectivity index (χ0) is 12.8. The third-order valence-electron chi connectivity index (χ3n) is 2.07. The molecule has 0 spiro atoms. The van der Waals surface area contributed by atoms with Crippen molar-refractivity contribution in [2.24, 2.45) is 0 Å². The Balaban J connectivity index is 2.38. The second-order valence-corrected chi connectivity index (χ2v) is 4.47. The number of hydrogen-bond acceptors (Lipinski definition) is 2. The van der Waals surface area contributed by atoms with Crippen molar-refractivity contribution in [1.82, 2.24) is 10.6 Å². The number of rotatable bonds is 5. The summed E-state index contributed by atoms with van der Waals surface area (Å²) in [4.78, 5) is 11.3. The highest BCUT2D eigenvalue weighted by Gasteiger charge is 2.04. The van der Waals surface area contributed by atoms with Gasteiger partial charge in [0.15, 0.2) is 0 Å². The summed E-state index contributed by atoms with van der Waals surface area (Å²) in [5.74, 6) is -0.436. The summed E-state index contributed by atoms with van der Waals surface area (Å²) in [7, 11) is 0. The zero-order valence-corrected chi connectivity index (χ0v) is 10.6. The fraction of sp³-hybridized carbons (Fsp3) is 0.417. The van der Waals surface area contributed by atoms with E-state index in [2.05, 4.69) is 10.6 Å². The number of halogens is 2. The molecule has 0 aliphatic rings. The molecule has 0 bridgehead atoms. The van der Waals surface area contributed by atoms with Crippen molar-refractivity contribution in [3.05, 3.63) is 34.6 Å². The number of carbonyl (C=O) groups excluding carboxylic acids is 1. The van der Waals surface area contributed by atoms with Crippen LogP contribution in [-0.4, -0.2) is 18.5 Å². The van der Waals surface area contributed by atoms with E-state index < -0.39 is 0 Å². The van der Waals surface area contributed by atoms with Crippen LogP contribution in [0.2, 0.25) is 5.02 Å². The zero-order valence-electron chi connectivity index (χ0n) is 9.89. The largest absolute Gasteiger partial charge is 0.353 e. The summed E-state index contributed by atoms with van der Waals surface area (Å²) in [6, 6.07) is 4.33. The molecule has 0 aliphatic heterocycles. The first-order chi connectivity index (χ1) is 7.99. The molecule has 17 heavy (non-hydrogen) atoms. The molecule has 0 atom stereocenters. The highest BCUT2D eigenvalue weighted by Crippen LogP contribution is 2.16. The van der Waals surface area contributed by atoms with Crippen LogP contribution < -0.4 is 10.6 Å². The minimum atomic E-state index is -0.365. The van der Waals surface area contributed by atoms with Crippen LogP contribution in [0.25, 0.3) is 0 Å². The predicted octanol–water partition coefficient (Wildman–Crippen LogP) is 2.09. The molecule has 2 N–H and O–H groups in total. The molecule has 3 nitrogen and oxygen atoms in total. The van der Waals surface area contributed by atoms with Gasteiger partial charge >= 0.3 is 0 Å². The van der Waals surface area contributed by atoms with Crippen LogP contribution in [0.1, 0.15) is 19.4 Å². The Morgan fingerprint density at radius 1 is 1.47 bits per heavy atom. The van der Waals surface area contributed by atoms with E-state index in [0.29, 0.717) is 11.6 Å². The maximum Gasteiger partial charge on any atom is 0.234 e. The molecule has 1 amide bonds. The van der Waals surface area contributed by atoms with Gasteiger partial charge in [-0.25, -0.2) is 4.39 Å². The number of hydrogen-bond donors (Lipinski definition) is 2. The lowest BCUT2D eigenvalue weighted by Crippen LogP contribution is -2.37. The van der Waals surface area contributed by atoms with Gasteiger partial charge < -0.3 is 10.6 Å². The molecule has 1 aromatic rings. The van der Waals surface area contributed by atoms with Gasteiger partial charge in [0.25, 0.3) is 0 Å². The van der Waals surface area contributed by atoms with E-state index in [0.717, 1.165) is 5.56 Å². The topological polar surface area (TPSA) is 41.1 Å². The van der Waals surface area contributed by atoms with Gasteiger partial charge in [-0.1, -0.05) is 17.7 Å². The van der Waals surface area contributed by atoms with Crippen LogP contribution in [0.5, 0.6) is 0 Å². The summed E-state index contributed by atoms with van der Waals surface area (Å²) in [6.45, 7) is 4.44. The van der Waals surface area contributed by atoms with Crippen molar-refractivity contribution in [1.29, 1.82) is 0 Å². The van der Waals surface area contributed by atoms with E-state index in [1.54, 1.807) is 6.07 Å². The summed E-state index contributed by atoms with van der Waals surface area (Å²) in [5, 5.41) is 6.07. The lowest BCUT2D eigenvalue weighted by Gasteiger charge is -2.09. The molecule has 0 aliphatic carbocycles. The Kier molecular flexibility index (Phi) is 5.38. The lowest BCUT2D eigenvalue weighted by atomic mass is 10.2. The third-order valence-corrected chi connectivity index (χ3v) is 2.42. The molecule has 0 radical (unpaired) electrons. The van der Waals surface area contributed by atoms with Crippen molar-refractivity contribution >= 4 is 17.5 Å². The fourth-order valence-corrected chi connectivity index (χ4v) is 1.58. The van der Waals surface area contributed by atoms with Gasteiger partial charge in [0.05, 0.1) is 6.54 Å². The minimum absolute atomic E-state index is 0.0711. The number of benzene rings is 1. The normalized spacial score (nSPS) is 10.6. The maximum absolute atomic E-state index is 12.8. The Bertz CT molecular complexity index is 396. The van der Waals surface area contributed by atoms with Crippen LogP contribution in [0.15, 0.2) is 18.2 Å². The number of amides is 1.